The number of hydrogen-bond acceptors (Lipinski definition) is 2. The van der Waals surface area contributed by atoms with Gasteiger partial charge in [0.1, 0.15) is 0 Å². The molecule has 5 rings (SSSR count). The van der Waals surface area contributed by atoms with E-state index in [1.807, 2.05) is 0 Å². The third-order valence-electron chi connectivity index (χ3n) is 5.39. The molecule has 0 unspecified atom stereocenters. The van der Waals surface area contributed by atoms with Crippen LogP contribution in [0.3, 0.4) is 0 Å². The van der Waals surface area contributed by atoms with Gasteiger partial charge in [0.2, 0.25) is 0 Å². The number of hydrogen-bond donors (Lipinski definition) is 0. The van der Waals surface area contributed by atoms with Gasteiger partial charge in [-0.15, -0.1) is 0 Å². The lowest BCUT2D eigenvalue weighted by Gasteiger charge is -2.47. The van der Waals surface area contributed by atoms with E-state index in [0.29, 0.717) is 5.78 Å². The lowest BCUT2D eigenvalue weighted by Crippen LogP contribution is -2.57. The summed E-state index contributed by atoms with van der Waals surface area (Å²) in [4.78, 5) is 15.4. The van der Waals surface area contributed by atoms with Crippen molar-refractivity contribution in [3.8, 4) is 0 Å². The van der Waals surface area contributed by atoms with E-state index in [9.17, 15) is 4.79 Å². The molecular formula is C20H19Br2NO. The third kappa shape index (κ3) is 3.00. The van der Waals surface area contributed by atoms with Crippen LogP contribution in [0, 0.1) is 5.92 Å². The minimum absolute atomic E-state index is 0.0279. The fraction of sp³-hybridized carbons (Fsp3) is 0.350. The van der Waals surface area contributed by atoms with Crippen molar-refractivity contribution in [3.05, 3.63) is 68.6 Å². The van der Waals surface area contributed by atoms with Crippen LogP contribution < -0.4 is 0 Å². The van der Waals surface area contributed by atoms with Crippen molar-refractivity contribution in [1.82, 2.24) is 4.90 Å². The zero-order valence-corrected chi connectivity index (χ0v) is 16.5. The van der Waals surface area contributed by atoms with Crippen LogP contribution in [0.15, 0.2) is 57.5 Å². The fourth-order valence-corrected chi connectivity index (χ4v) is 4.68. The van der Waals surface area contributed by atoms with Crippen LogP contribution in [0.1, 0.15) is 29.9 Å². The summed E-state index contributed by atoms with van der Waals surface area (Å²) in [5.74, 6) is 0.790. The summed E-state index contributed by atoms with van der Waals surface area (Å²) in [5, 5.41) is 0. The molecule has 4 heteroatoms. The van der Waals surface area contributed by atoms with Crippen molar-refractivity contribution >= 4 is 37.6 Å². The van der Waals surface area contributed by atoms with Crippen molar-refractivity contribution in [3.63, 3.8) is 0 Å². The topological polar surface area (TPSA) is 20.3 Å². The van der Waals surface area contributed by atoms with Gasteiger partial charge in [0.15, 0.2) is 5.78 Å². The Kier molecular flexibility index (Phi) is 4.63. The number of ketones is 1. The largest absolute Gasteiger partial charge is 0.298 e. The standard InChI is InChI=1S/C20H19Br2NO/c21-16-5-1-13(2-6-16)18(14-3-7-17(22)8-4-14)19-20(24)15-9-11-23(19)12-10-15/h1-8,15,18-19H,9-12H2/t19-/m0/s1. The minimum Gasteiger partial charge on any atom is -0.298 e. The number of nitrogens with zero attached hydrogens (tertiary/aromatic N) is 1. The molecule has 2 aromatic carbocycles. The lowest BCUT2D eigenvalue weighted by molar-refractivity contribution is -0.137. The van der Waals surface area contributed by atoms with E-state index >= 15 is 0 Å². The summed E-state index contributed by atoms with van der Waals surface area (Å²) >= 11 is 7.03. The quantitative estimate of drug-likeness (QED) is 0.657. The van der Waals surface area contributed by atoms with Crippen LogP contribution in [0.5, 0.6) is 0 Å². The van der Waals surface area contributed by atoms with Gasteiger partial charge in [-0.3, -0.25) is 9.69 Å². The maximum Gasteiger partial charge on any atom is 0.154 e. The van der Waals surface area contributed by atoms with E-state index in [4.69, 9.17) is 0 Å². The van der Waals surface area contributed by atoms with Gasteiger partial charge in [-0.1, -0.05) is 56.1 Å². The van der Waals surface area contributed by atoms with Crippen molar-refractivity contribution < 1.29 is 4.79 Å². The van der Waals surface area contributed by atoms with Crippen LogP contribution in [-0.2, 0) is 4.79 Å². The first kappa shape index (κ1) is 16.5. The monoisotopic (exact) mass is 447 g/mol. The van der Waals surface area contributed by atoms with Crippen LogP contribution >= 0.6 is 31.9 Å². The molecule has 0 N–H and O–H groups in total. The lowest BCUT2D eigenvalue weighted by atomic mass is 9.73. The molecule has 0 spiro atoms. The summed E-state index contributed by atoms with van der Waals surface area (Å²) in [6.45, 7) is 2.09. The van der Waals surface area contributed by atoms with Gasteiger partial charge in [-0.05, 0) is 61.3 Å². The van der Waals surface area contributed by atoms with Crippen molar-refractivity contribution in [1.29, 1.82) is 0 Å². The first-order chi connectivity index (χ1) is 11.6. The summed E-state index contributed by atoms with van der Waals surface area (Å²) in [6.07, 6.45) is 2.06. The number of carbonyl (C=O) groups is 1. The molecule has 0 aliphatic carbocycles. The van der Waals surface area contributed by atoms with E-state index in [1.165, 1.54) is 11.1 Å². The second-order valence-corrected chi connectivity index (χ2v) is 8.57. The van der Waals surface area contributed by atoms with E-state index in [-0.39, 0.29) is 17.9 Å². The van der Waals surface area contributed by atoms with E-state index in [1.54, 1.807) is 0 Å². The molecule has 2 nitrogen and oxygen atoms in total. The molecular weight excluding hydrogens is 430 g/mol. The maximum absolute atomic E-state index is 13.0. The van der Waals surface area contributed by atoms with E-state index in [0.717, 1.165) is 34.9 Å². The molecule has 3 heterocycles. The molecule has 2 aromatic rings. The highest BCUT2D eigenvalue weighted by Crippen LogP contribution is 2.40. The first-order valence-corrected chi connectivity index (χ1v) is 10.0. The number of Topliss-reactive ketones (excluding diaryl/α,β-unsaturated/α-hetero) is 1. The number of carbonyl (C=O) groups excluding carboxylic acids is 1. The second kappa shape index (κ2) is 6.74. The van der Waals surface area contributed by atoms with Crippen LogP contribution in [-0.4, -0.2) is 29.8 Å². The van der Waals surface area contributed by atoms with Gasteiger partial charge in [0.25, 0.3) is 0 Å². The Labute approximate surface area is 159 Å². The number of halogens is 2. The molecule has 1 atom stereocenters. The molecule has 0 saturated carbocycles. The summed E-state index contributed by atoms with van der Waals surface area (Å²) < 4.78 is 2.13. The summed E-state index contributed by atoms with van der Waals surface area (Å²) in [5.41, 5.74) is 2.43. The number of rotatable bonds is 3. The number of benzene rings is 2. The number of piperidine rings is 3. The zero-order valence-electron chi connectivity index (χ0n) is 13.3. The van der Waals surface area contributed by atoms with E-state index in [2.05, 4.69) is 85.3 Å². The summed E-state index contributed by atoms with van der Waals surface area (Å²) in [7, 11) is 0. The molecule has 2 bridgehead atoms. The Morgan fingerprint density at radius 3 is 1.71 bits per heavy atom. The molecule has 3 fully saturated rings. The van der Waals surface area contributed by atoms with Gasteiger partial charge in [0, 0.05) is 20.8 Å². The Bertz CT molecular complexity index is 688. The predicted molar refractivity (Wildman–Crippen MR) is 103 cm³/mol. The SMILES string of the molecule is O=C1C2CCN(CC2)[C@H]1C(c1ccc(Br)cc1)c1ccc(Br)cc1. The summed E-state index contributed by atoms with van der Waals surface area (Å²) in [6, 6.07) is 16.8. The molecule has 124 valence electrons. The zero-order chi connectivity index (χ0) is 16.7. The molecule has 24 heavy (non-hydrogen) atoms. The molecule has 3 aliphatic heterocycles. The molecule has 3 saturated heterocycles. The molecule has 0 radical (unpaired) electrons. The molecule has 0 aromatic heterocycles. The van der Waals surface area contributed by atoms with Crippen LogP contribution in [0.2, 0.25) is 0 Å². The van der Waals surface area contributed by atoms with Gasteiger partial charge in [0.05, 0.1) is 6.04 Å². The van der Waals surface area contributed by atoms with Crippen molar-refractivity contribution in [2.45, 2.75) is 24.8 Å². The van der Waals surface area contributed by atoms with E-state index < -0.39 is 0 Å². The first-order valence-electron chi connectivity index (χ1n) is 8.42. The fourth-order valence-electron chi connectivity index (χ4n) is 4.16. The molecule has 0 amide bonds. The predicted octanol–water partition coefficient (Wildman–Crippen LogP) is 5.01. The highest BCUT2D eigenvalue weighted by Gasteiger charge is 2.45. The average Bonchev–Trinajstić information content (AvgIpc) is 2.61. The highest BCUT2D eigenvalue weighted by molar-refractivity contribution is 9.10. The van der Waals surface area contributed by atoms with Gasteiger partial charge in [-0.25, -0.2) is 0 Å². The van der Waals surface area contributed by atoms with Gasteiger partial charge in [-0.2, -0.15) is 0 Å². The molecule has 3 aliphatic rings. The van der Waals surface area contributed by atoms with Gasteiger partial charge < -0.3 is 0 Å². The Morgan fingerprint density at radius 2 is 1.29 bits per heavy atom. The van der Waals surface area contributed by atoms with Crippen molar-refractivity contribution in [2.75, 3.05) is 13.1 Å². The average molecular weight is 449 g/mol. The van der Waals surface area contributed by atoms with Gasteiger partial charge >= 0.3 is 0 Å². The highest BCUT2D eigenvalue weighted by atomic mass is 79.9. The Balaban J connectivity index is 1.79. The minimum atomic E-state index is -0.0279. The Hall–Kier alpha value is -0.970. The van der Waals surface area contributed by atoms with Crippen LogP contribution in [0.25, 0.3) is 0 Å². The second-order valence-electron chi connectivity index (χ2n) is 6.74. The Morgan fingerprint density at radius 1 is 0.833 bits per heavy atom. The maximum atomic E-state index is 13.0. The smallest absolute Gasteiger partial charge is 0.154 e. The van der Waals surface area contributed by atoms with Crippen LogP contribution in [0.4, 0.5) is 0 Å². The normalized spacial score (nSPS) is 26.1. The third-order valence-corrected chi connectivity index (χ3v) is 6.45. The number of fused-ring (bicyclic) bond motifs is 3. The van der Waals surface area contributed by atoms with Crippen molar-refractivity contribution in [2.24, 2.45) is 5.92 Å².